The number of hydrogen-bond acceptors (Lipinski definition) is 2. The largest absolute Gasteiger partial charge is 0.478 e. The minimum Gasteiger partial charge on any atom is -0.478 e. The van der Waals surface area contributed by atoms with E-state index >= 15 is 0 Å². The molecular formula is C13H14Cl2N2O3. The zero-order chi connectivity index (χ0) is 14.7. The van der Waals surface area contributed by atoms with E-state index in [0.29, 0.717) is 12.5 Å². The zero-order valence-electron chi connectivity index (χ0n) is 10.6. The van der Waals surface area contributed by atoms with Gasteiger partial charge in [-0.3, -0.25) is 0 Å². The predicted molar refractivity (Wildman–Crippen MR) is 77.8 cm³/mol. The number of carboxylic acid groups (broad SMARTS) is 1. The Balaban J connectivity index is 2.07. The smallest absolute Gasteiger partial charge is 0.337 e. The fourth-order valence-corrected chi connectivity index (χ4v) is 2.50. The molecule has 2 rings (SSSR count). The molecule has 0 atom stereocenters. The van der Waals surface area contributed by atoms with Gasteiger partial charge in [0.2, 0.25) is 0 Å². The van der Waals surface area contributed by atoms with Crippen LogP contribution < -0.4 is 10.6 Å². The molecule has 1 aromatic rings. The summed E-state index contributed by atoms with van der Waals surface area (Å²) in [7, 11) is 0. The molecule has 0 unspecified atom stereocenters. The Hall–Kier alpha value is -1.46. The Morgan fingerprint density at radius 1 is 1.30 bits per heavy atom. The van der Waals surface area contributed by atoms with Crippen LogP contribution in [0.2, 0.25) is 10.0 Å². The van der Waals surface area contributed by atoms with E-state index in [2.05, 4.69) is 10.6 Å². The molecule has 5 nitrogen and oxygen atoms in total. The van der Waals surface area contributed by atoms with Crippen LogP contribution in [0.3, 0.4) is 0 Å². The van der Waals surface area contributed by atoms with Gasteiger partial charge in [-0.25, -0.2) is 9.59 Å². The van der Waals surface area contributed by atoms with Crippen molar-refractivity contribution in [2.45, 2.75) is 19.3 Å². The van der Waals surface area contributed by atoms with Crippen LogP contribution in [0.15, 0.2) is 12.1 Å². The van der Waals surface area contributed by atoms with E-state index in [1.54, 1.807) is 0 Å². The summed E-state index contributed by atoms with van der Waals surface area (Å²) in [6.45, 7) is 0.583. The maximum absolute atomic E-state index is 11.8. The molecule has 0 saturated heterocycles. The van der Waals surface area contributed by atoms with Gasteiger partial charge in [-0.1, -0.05) is 29.6 Å². The van der Waals surface area contributed by atoms with Crippen molar-refractivity contribution in [3.05, 3.63) is 27.7 Å². The van der Waals surface area contributed by atoms with Crippen LogP contribution in [0.4, 0.5) is 10.5 Å². The normalized spacial score (nSPS) is 14.5. The molecule has 20 heavy (non-hydrogen) atoms. The second-order valence-electron chi connectivity index (χ2n) is 4.75. The zero-order valence-corrected chi connectivity index (χ0v) is 12.1. The minimum atomic E-state index is -1.20. The van der Waals surface area contributed by atoms with E-state index < -0.39 is 12.0 Å². The SMILES string of the molecule is O=C(NCC1CCC1)Nc1c(Cl)cc(Cl)cc1C(=O)O. The maximum atomic E-state index is 11.8. The van der Waals surface area contributed by atoms with Crippen molar-refractivity contribution >= 4 is 40.9 Å². The first-order valence-electron chi connectivity index (χ1n) is 6.24. The Morgan fingerprint density at radius 2 is 2.00 bits per heavy atom. The average molecular weight is 317 g/mol. The maximum Gasteiger partial charge on any atom is 0.337 e. The third kappa shape index (κ3) is 3.55. The van der Waals surface area contributed by atoms with E-state index in [0.717, 1.165) is 12.8 Å². The number of halogens is 2. The second-order valence-corrected chi connectivity index (χ2v) is 5.59. The lowest BCUT2D eigenvalue weighted by molar-refractivity contribution is 0.0698. The molecule has 108 valence electrons. The van der Waals surface area contributed by atoms with E-state index in [4.69, 9.17) is 28.3 Å². The first kappa shape index (κ1) is 14.9. The number of urea groups is 1. The Kier molecular flexibility index (Phi) is 4.73. The molecule has 1 fully saturated rings. The summed E-state index contributed by atoms with van der Waals surface area (Å²) in [6.07, 6.45) is 3.42. The number of nitrogens with one attached hydrogen (secondary N) is 2. The van der Waals surface area contributed by atoms with Gasteiger partial charge in [0.25, 0.3) is 0 Å². The van der Waals surface area contributed by atoms with E-state index in [-0.39, 0.29) is 21.3 Å². The molecule has 1 aromatic carbocycles. The molecule has 1 saturated carbocycles. The summed E-state index contributed by atoms with van der Waals surface area (Å²) < 4.78 is 0. The molecule has 1 aliphatic carbocycles. The van der Waals surface area contributed by atoms with Crippen molar-refractivity contribution in [2.24, 2.45) is 5.92 Å². The Labute approximate surface area is 126 Å². The van der Waals surface area contributed by atoms with E-state index in [1.165, 1.54) is 18.6 Å². The van der Waals surface area contributed by atoms with Gasteiger partial charge in [0.05, 0.1) is 16.3 Å². The van der Waals surface area contributed by atoms with Crippen LogP contribution >= 0.6 is 23.2 Å². The van der Waals surface area contributed by atoms with Crippen molar-refractivity contribution in [1.82, 2.24) is 5.32 Å². The molecule has 2 amide bonds. The summed E-state index contributed by atoms with van der Waals surface area (Å²) in [5.41, 5.74) is -0.0871. The quantitative estimate of drug-likeness (QED) is 0.794. The van der Waals surface area contributed by atoms with Crippen LogP contribution in [0, 0.1) is 5.92 Å². The topological polar surface area (TPSA) is 78.4 Å². The van der Waals surface area contributed by atoms with Crippen molar-refractivity contribution in [3.63, 3.8) is 0 Å². The van der Waals surface area contributed by atoms with Crippen LogP contribution in [0.1, 0.15) is 29.6 Å². The standard InChI is InChI=1S/C13H14Cl2N2O3/c14-8-4-9(12(18)19)11(10(15)5-8)17-13(20)16-6-7-2-1-3-7/h4-5,7H,1-3,6H2,(H,18,19)(H2,16,17,20). The number of anilines is 1. The lowest BCUT2D eigenvalue weighted by atomic mass is 9.85. The number of amides is 2. The summed E-state index contributed by atoms with van der Waals surface area (Å²) in [5, 5.41) is 14.6. The molecule has 7 heteroatoms. The van der Waals surface area contributed by atoms with Crippen molar-refractivity contribution < 1.29 is 14.7 Å². The van der Waals surface area contributed by atoms with Gasteiger partial charge in [-0.15, -0.1) is 0 Å². The van der Waals surface area contributed by atoms with Gasteiger partial charge in [0.1, 0.15) is 0 Å². The molecule has 0 aromatic heterocycles. The monoisotopic (exact) mass is 316 g/mol. The third-order valence-electron chi connectivity index (χ3n) is 3.30. The summed E-state index contributed by atoms with van der Waals surface area (Å²) in [6, 6.07) is 2.16. The van der Waals surface area contributed by atoms with Gasteiger partial charge in [-0.05, 0) is 30.9 Å². The van der Waals surface area contributed by atoms with Gasteiger partial charge >= 0.3 is 12.0 Å². The van der Waals surface area contributed by atoms with Crippen LogP contribution in [0.25, 0.3) is 0 Å². The molecule has 0 aliphatic heterocycles. The highest BCUT2D eigenvalue weighted by Crippen LogP contribution is 2.30. The number of carboxylic acids is 1. The molecule has 0 bridgehead atoms. The van der Waals surface area contributed by atoms with Crippen LogP contribution in [-0.4, -0.2) is 23.7 Å². The number of carbonyl (C=O) groups is 2. The Bertz CT molecular complexity index is 545. The first-order valence-corrected chi connectivity index (χ1v) is 7.00. The fourth-order valence-electron chi connectivity index (χ4n) is 1.96. The number of rotatable bonds is 4. The molecule has 0 heterocycles. The third-order valence-corrected chi connectivity index (χ3v) is 3.82. The van der Waals surface area contributed by atoms with Crippen molar-refractivity contribution in [3.8, 4) is 0 Å². The molecule has 0 radical (unpaired) electrons. The molecule has 0 spiro atoms. The van der Waals surface area contributed by atoms with Gasteiger partial charge in [0.15, 0.2) is 0 Å². The highest BCUT2D eigenvalue weighted by atomic mass is 35.5. The number of aromatic carboxylic acids is 1. The van der Waals surface area contributed by atoms with E-state index in [1.807, 2.05) is 0 Å². The minimum absolute atomic E-state index is 0.0506. The first-order chi connectivity index (χ1) is 9.47. The van der Waals surface area contributed by atoms with Crippen molar-refractivity contribution in [1.29, 1.82) is 0 Å². The molecule has 3 N–H and O–H groups in total. The van der Waals surface area contributed by atoms with Crippen LogP contribution in [0.5, 0.6) is 0 Å². The molecular weight excluding hydrogens is 303 g/mol. The fraction of sp³-hybridized carbons (Fsp3) is 0.385. The van der Waals surface area contributed by atoms with Crippen LogP contribution in [-0.2, 0) is 0 Å². The van der Waals surface area contributed by atoms with Gasteiger partial charge < -0.3 is 15.7 Å². The average Bonchev–Trinajstić information content (AvgIpc) is 2.30. The summed E-state index contributed by atoms with van der Waals surface area (Å²) in [5.74, 6) is -0.691. The van der Waals surface area contributed by atoms with Gasteiger partial charge in [0, 0.05) is 11.6 Å². The second kappa shape index (κ2) is 6.33. The predicted octanol–water partition coefficient (Wildman–Crippen LogP) is 3.61. The number of hydrogen-bond donors (Lipinski definition) is 3. The number of benzene rings is 1. The highest BCUT2D eigenvalue weighted by molar-refractivity contribution is 6.37. The van der Waals surface area contributed by atoms with Gasteiger partial charge in [-0.2, -0.15) is 0 Å². The number of carbonyl (C=O) groups excluding carboxylic acids is 1. The van der Waals surface area contributed by atoms with E-state index in [9.17, 15) is 9.59 Å². The Morgan fingerprint density at radius 3 is 2.55 bits per heavy atom. The summed E-state index contributed by atoms with van der Waals surface area (Å²) in [4.78, 5) is 22.9. The summed E-state index contributed by atoms with van der Waals surface area (Å²) >= 11 is 11.7. The lowest BCUT2D eigenvalue weighted by Gasteiger charge is -2.25. The van der Waals surface area contributed by atoms with Crippen molar-refractivity contribution in [2.75, 3.05) is 11.9 Å². The highest BCUT2D eigenvalue weighted by Gasteiger charge is 2.20. The lowest BCUT2D eigenvalue weighted by Crippen LogP contribution is -2.35. The molecule has 1 aliphatic rings.